The van der Waals surface area contributed by atoms with Gasteiger partial charge in [0.1, 0.15) is 0 Å². The Morgan fingerprint density at radius 2 is 2.28 bits per heavy atom. The summed E-state index contributed by atoms with van der Waals surface area (Å²) < 4.78 is 0. The molecule has 92 valence electrons. The van der Waals surface area contributed by atoms with Gasteiger partial charge < -0.3 is 4.98 Å². The number of hydrogen-bond acceptors (Lipinski definition) is 2. The highest BCUT2D eigenvalue weighted by Crippen LogP contribution is 2.32. The molecule has 1 aliphatic rings. The fourth-order valence-corrected chi connectivity index (χ4v) is 2.56. The van der Waals surface area contributed by atoms with E-state index in [4.69, 9.17) is 0 Å². The first-order valence-electron chi connectivity index (χ1n) is 6.22. The lowest BCUT2D eigenvalue weighted by molar-refractivity contribution is -0.117. The van der Waals surface area contributed by atoms with Crippen LogP contribution in [0.4, 0.5) is 5.95 Å². The van der Waals surface area contributed by atoms with Crippen LogP contribution in [0.3, 0.4) is 0 Å². The van der Waals surface area contributed by atoms with Crippen LogP contribution >= 0.6 is 0 Å². The van der Waals surface area contributed by atoms with E-state index in [-0.39, 0.29) is 11.8 Å². The molecule has 2 aromatic rings. The number of anilines is 1. The van der Waals surface area contributed by atoms with Gasteiger partial charge in [0.25, 0.3) is 0 Å². The van der Waals surface area contributed by atoms with Crippen molar-refractivity contribution in [3.63, 3.8) is 0 Å². The number of amides is 1. The summed E-state index contributed by atoms with van der Waals surface area (Å²) in [6.07, 6.45) is 6.37. The lowest BCUT2D eigenvalue weighted by Gasteiger charge is -2.24. The molecule has 3 rings (SSSR count). The van der Waals surface area contributed by atoms with Crippen LogP contribution in [-0.4, -0.2) is 15.9 Å². The molecule has 1 unspecified atom stereocenters. The number of nitrogens with one attached hydrogen (secondary N) is 2. The molecule has 0 aliphatic heterocycles. The normalized spacial score (nSPS) is 18.1. The molecule has 4 nitrogen and oxygen atoms in total. The quantitative estimate of drug-likeness (QED) is 0.848. The Bertz CT molecular complexity index is 548. The first-order chi connectivity index (χ1) is 8.84. The third-order valence-corrected chi connectivity index (χ3v) is 3.43. The number of rotatable bonds is 2. The number of benzene rings is 1. The van der Waals surface area contributed by atoms with E-state index in [0.29, 0.717) is 5.95 Å². The van der Waals surface area contributed by atoms with Crippen molar-refractivity contribution in [3.8, 4) is 0 Å². The third-order valence-electron chi connectivity index (χ3n) is 3.43. The van der Waals surface area contributed by atoms with E-state index in [1.807, 2.05) is 12.1 Å². The van der Waals surface area contributed by atoms with E-state index in [1.165, 1.54) is 5.56 Å². The molecule has 18 heavy (non-hydrogen) atoms. The number of fused-ring (bicyclic) bond motifs is 1. The molecule has 1 atom stereocenters. The van der Waals surface area contributed by atoms with Gasteiger partial charge in [-0.2, -0.15) is 0 Å². The fraction of sp³-hybridized carbons (Fsp3) is 0.286. The monoisotopic (exact) mass is 241 g/mol. The van der Waals surface area contributed by atoms with Crippen molar-refractivity contribution in [1.29, 1.82) is 0 Å². The summed E-state index contributed by atoms with van der Waals surface area (Å²) in [5, 5.41) is 2.83. The lowest BCUT2D eigenvalue weighted by atomic mass is 9.82. The van der Waals surface area contributed by atoms with Crippen LogP contribution in [0.2, 0.25) is 0 Å². The van der Waals surface area contributed by atoms with E-state index < -0.39 is 0 Å². The Hall–Kier alpha value is -2.10. The topological polar surface area (TPSA) is 57.8 Å². The van der Waals surface area contributed by atoms with Crippen LogP contribution in [0.25, 0.3) is 0 Å². The maximum absolute atomic E-state index is 12.3. The predicted octanol–water partition coefficient (Wildman–Crippen LogP) is 2.47. The molecule has 0 saturated carbocycles. The third kappa shape index (κ3) is 2.01. The van der Waals surface area contributed by atoms with Crippen molar-refractivity contribution in [2.45, 2.75) is 25.2 Å². The summed E-state index contributed by atoms with van der Waals surface area (Å²) in [5.41, 5.74) is 2.45. The molecule has 1 amide bonds. The van der Waals surface area contributed by atoms with Gasteiger partial charge in [0.05, 0.1) is 5.92 Å². The number of imidazole rings is 1. The van der Waals surface area contributed by atoms with Crippen LogP contribution in [0.5, 0.6) is 0 Å². The highest BCUT2D eigenvalue weighted by atomic mass is 16.2. The van der Waals surface area contributed by atoms with E-state index in [2.05, 4.69) is 27.4 Å². The summed E-state index contributed by atoms with van der Waals surface area (Å²) in [6, 6.07) is 8.20. The van der Waals surface area contributed by atoms with Gasteiger partial charge in [0.15, 0.2) is 0 Å². The molecule has 1 aromatic carbocycles. The van der Waals surface area contributed by atoms with Gasteiger partial charge in [-0.25, -0.2) is 4.98 Å². The summed E-state index contributed by atoms with van der Waals surface area (Å²) in [5.74, 6) is 0.486. The minimum atomic E-state index is -0.0555. The van der Waals surface area contributed by atoms with Crippen LogP contribution in [0.15, 0.2) is 36.7 Å². The molecule has 2 N–H and O–H groups in total. The first-order valence-corrected chi connectivity index (χ1v) is 6.22. The maximum atomic E-state index is 12.3. The zero-order valence-electron chi connectivity index (χ0n) is 10.0. The Balaban J connectivity index is 1.83. The number of carbonyl (C=O) groups excluding carboxylic acids is 1. The standard InChI is InChI=1S/C14H15N3O/c18-13(17-14-15-8-9-16-14)12-7-3-5-10-4-1-2-6-11(10)12/h1-2,4,6,8-9,12H,3,5,7H2,(H2,15,16,17,18). The van der Waals surface area contributed by atoms with Crippen molar-refractivity contribution in [1.82, 2.24) is 9.97 Å². The minimum Gasteiger partial charge on any atom is -0.331 e. The molecule has 0 bridgehead atoms. The van der Waals surface area contributed by atoms with E-state index >= 15 is 0 Å². The van der Waals surface area contributed by atoms with Crippen molar-refractivity contribution >= 4 is 11.9 Å². The van der Waals surface area contributed by atoms with Crippen molar-refractivity contribution in [3.05, 3.63) is 47.8 Å². The highest BCUT2D eigenvalue weighted by Gasteiger charge is 2.26. The zero-order valence-corrected chi connectivity index (χ0v) is 10.0. The number of carbonyl (C=O) groups is 1. The largest absolute Gasteiger partial charge is 0.331 e. The molecule has 0 radical (unpaired) electrons. The SMILES string of the molecule is O=C(Nc1ncc[nH]1)C1CCCc2ccccc21. The molecule has 1 aliphatic carbocycles. The number of aryl methyl sites for hydroxylation is 1. The average molecular weight is 241 g/mol. The fourth-order valence-electron chi connectivity index (χ4n) is 2.56. The second-order valence-electron chi connectivity index (χ2n) is 4.57. The average Bonchev–Trinajstić information content (AvgIpc) is 2.91. The number of nitrogens with zero attached hydrogens (tertiary/aromatic N) is 1. The molecular formula is C14H15N3O. The molecule has 0 spiro atoms. The number of aromatic amines is 1. The lowest BCUT2D eigenvalue weighted by Crippen LogP contribution is -2.25. The van der Waals surface area contributed by atoms with Crippen LogP contribution < -0.4 is 5.32 Å². The summed E-state index contributed by atoms with van der Waals surface area (Å²) >= 11 is 0. The maximum Gasteiger partial charge on any atom is 0.234 e. The van der Waals surface area contributed by atoms with Crippen LogP contribution in [-0.2, 0) is 11.2 Å². The highest BCUT2D eigenvalue weighted by molar-refractivity contribution is 5.94. The van der Waals surface area contributed by atoms with Gasteiger partial charge in [-0.3, -0.25) is 10.1 Å². The Labute approximate surface area is 105 Å². The number of H-pyrrole nitrogens is 1. The molecule has 4 heteroatoms. The van der Waals surface area contributed by atoms with E-state index in [9.17, 15) is 4.79 Å². The first kappa shape index (κ1) is 11.0. The smallest absolute Gasteiger partial charge is 0.234 e. The van der Waals surface area contributed by atoms with Gasteiger partial charge in [-0.1, -0.05) is 24.3 Å². The summed E-state index contributed by atoms with van der Waals surface area (Å²) in [4.78, 5) is 19.2. The predicted molar refractivity (Wildman–Crippen MR) is 69.3 cm³/mol. The summed E-state index contributed by atoms with van der Waals surface area (Å²) in [6.45, 7) is 0. The Morgan fingerprint density at radius 1 is 1.39 bits per heavy atom. The van der Waals surface area contributed by atoms with E-state index in [1.54, 1.807) is 12.4 Å². The Morgan fingerprint density at radius 3 is 3.11 bits per heavy atom. The molecule has 0 saturated heterocycles. The number of hydrogen-bond donors (Lipinski definition) is 2. The zero-order chi connectivity index (χ0) is 12.4. The molecular weight excluding hydrogens is 226 g/mol. The molecule has 0 fully saturated rings. The van der Waals surface area contributed by atoms with Gasteiger partial charge in [0, 0.05) is 12.4 Å². The molecule has 1 heterocycles. The van der Waals surface area contributed by atoms with Gasteiger partial charge in [0.2, 0.25) is 11.9 Å². The van der Waals surface area contributed by atoms with Gasteiger partial charge in [-0.05, 0) is 30.4 Å². The van der Waals surface area contributed by atoms with Crippen molar-refractivity contribution in [2.24, 2.45) is 0 Å². The number of aromatic nitrogens is 2. The van der Waals surface area contributed by atoms with Crippen molar-refractivity contribution in [2.75, 3.05) is 5.32 Å². The van der Waals surface area contributed by atoms with Gasteiger partial charge in [-0.15, -0.1) is 0 Å². The molecule has 1 aromatic heterocycles. The van der Waals surface area contributed by atoms with Crippen LogP contribution in [0.1, 0.15) is 29.9 Å². The van der Waals surface area contributed by atoms with Crippen LogP contribution in [0, 0.1) is 0 Å². The second kappa shape index (κ2) is 4.64. The van der Waals surface area contributed by atoms with Crippen molar-refractivity contribution < 1.29 is 4.79 Å². The Kier molecular flexibility index (Phi) is 2.84. The minimum absolute atomic E-state index is 0.0251. The van der Waals surface area contributed by atoms with Gasteiger partial charge >= 0.3 is 0 Å². The summed E-state index contributed by atoms with van der Waals surface area (Å²) in [7, 11) is 0. The second-order valence-corrected chi connectivity index (χ2v) is 4.57. The van der Waals surface area contributed by atoms with E-state index in [0.717, 1.165) is 24.8 Å².